The molecule has 1 aromatic carbocycles. The highest BCUT2D eigenvalue weighted by Gasteiger charge is 2.06. The summed E-state index contributed by atoms with van der Waals surface area (Å²) >= 11 is 1.57. The second-order valence-corrected chi connectivity index (χ2v) is 5.48. The van der Waals surface area contributed by atoms with E-state index in [1.54, 1.807) is 35.6 Å². The third-order valence-electron chi connectivity index (χ3n) is 2.84. The van der Waals surface area contributed by atoms with Gasteiger partial charge in [-0.15, -0.1) is 11.3 Å². The first-order valence-corrected chi connectivity index (χ1v) is 7.34. The van der Waals surface area contributed by atoms with Gasteiger partial charge in [0.1, 0.15) is 0 Å². The highest BCUT2D eigenvalue weighted by Crippen LogP contribution is 2.23. The monoisotopic (exact) mass is 300 g/mol. The van der Waals surface area contributed by atoms with E-state index in [1.165, 1.54) is 13.0 Å². The van der Waals surface area contributed by atoms with Gasteiger partial charge in [-0.25, -0.2) is 0 Å². The van der Waals surface area contributed by atoms with E-state index in [2.05, 4.69) is 10.6 Å². The lowest BCUT2D eigenvalue weighted by atomic mass is 10.1. The molecule has 0 saturated carbocycles. The molecule has 0 atom stereocenters. The predicted molar refractivity (Wildman–Crippen MR) is 87.5 cm³/mol. The smallest absolute Gasteiger partial charge is 0.248 e. The van der Waals surface area contributed by atoms with Crippen LogP contribution in [0.5, 0.6) is 0 Å². The fourth-order valence-electron chi connectivity index (χ4n) is 1.81. The molecule has 2 rings (SSSR count). The zero-order valence-corrected chi connectivity index (χ0v) is 12.7. The lowest BCUT2D eigenvalue weighted by molar-refractivity contribution is -0.114. The Morgan fingerprint density at radius 3 is 2.43 bits per heavy atom. The van der Waals surface area contributed by atoms with Gasteiger partial charge in [0.2, 0.25) is 11.8 Å². The van der Waals surface area contributed by atoms with E-state index in [4.69, 9.17) is 0 Å². The number of thiophene rings is 1. The van der Waals surface area contributed by atoms with E-state index in [9.17, 15) is 9.59 Å². The minimum absolute atomic E-state index is 0.140. The van der Waals surface area contributed by atoms with Crippen molar-refractivity contribution in [3.63, 3.8) is 0 Å². The SMILES string of the molecule is CC(=O)Nc1cccc(NC(=O)/C=C/c2cccs2)c1C. The Hall–Kier alpha value is -2.40. The van der Waals surface area contributed by atoms with Gasteiger partial charge in [0.15, 0.2) is 0 Å². The van der Waals surface area contributed by atoms with Crippen LogP contribution >= 0.6 is 11.3 Å². The zero-order valence-electron chi connectivity index (χ0n) is 11.8. The molecule has 0 spiro atoms. The van der Waals surface area contributed by atoms with Gasteiger partial charge in [-0.3, -0.25) is 9.59 Å². The molecule has 4 nitrogen and oxygen atoms in total. The molecular formula is C16H16N2O2S. The molecule has 21 heavy (non-hydrogen) atoms. The van der Waals surface area contributed by atoms with Gasteiger partial charge in [0.05, 0.1) is 0 Å². The van der Waals surface area contributed by atoms with Crippen molar-refractivity contribution in [3.05, 3.63) is 52.2 Å². The Morgan fingerprint density at radius 2 is 1.81 bits per heavy atom. The number of amides is 2. The van der Waals surface area contributed by atoms with Crippen molar-refractivity contribution < 1.29 is 9.59 Å². The number of carbonyl (C=O) groups excluding carboxylic acids is 2. The summed E-state index contributed by atoms with van der Waals surface area (Å²) in [7, 11) is 0. The summed E-state index contributed by atoms with van der Waals surface area (Å²) in [5.41, 5.74) is 2.20. The topological polar surface area (TPSA) is 58.2 Å². The third-order valence-corrected chi connectivity index (χ3v) is 3.68. The highest BCUT2D eigenvalue weighted by atomic mass is 32.1. The Kier molecular flexibility index (Phi) is 4.90. The lowest BCUT2D eigenvalue weighted by Gasteiger charge is -2.11. The summed E-state index contributed by atoms with van der Waals surface area (Å²) in [5, 5.41) is 7.51. The maximum Gasteiger partial charge on any atom is 0.248 e. The van der Waals surface area contributed by atoms with Gasteiger partial charge in [0, 0.05) is 29.3 Å². The molecule has 1 aromatic heterocycles. The average molecular weight is 300 g/mol. The van der Waals surface area contributed by atoms with Crippen LogP contribution in [0, 0.1) is 6.92 Å². The van der Waals surface area contributed by atoms with E-state index in [0.29, 0.717) is 11.4 Å². The number of hydrogen-bond acceptors (Lipinski definition) is 3. The van der Waals surface area contributed by atoms with E-state index < -0.39 is 0 Å². The average Bonchev–Trinajstić information content (AvgIpc) is 2.94. The van der Waals surface area contributed by atoms with Gasteiger partial charge in [0.25, 0.3) is 0 Å². The van der Waals surface area contributed by atoms with Crippen molar-refractivity contribution in [1.82, 2.24) is 0 Å². The van der Waals surface area contributed by atoms with E-state index >= 15 is 0 Å². The summed E-state index contributed by atoms with van der Waals surface area (Å²) in [6, 6.07) is 9.27. The van der Waals surface area contributed by atoms with E-state index in [-0.39, 0.29) is 11.8 Å². The van der Waals surface area contributed by atoms with Crippen LogP contribution in [0.25, 0.3) is 6.08 Å². The number of benzene rings is 1. The van der Waals surface area contributed by atoms with E-state index in [1.807, 2.05) is 24.4 Å². The Morgan fingerprint density at radius 1 is 1.10 bits per heavy atom. The van der Waals surface area contributed by atoms with Crippen molar-refractivity contribution in [2.24, 2.45) is 0 Å². The number of rotatable bonds is 4. The second kappa shape index (κ2) is 6.85. The fourth-order valence-corrected chi connectivity index (χ4v) is 2.43. The maximum atomic E-state index is 11.9. The molecule has 5 heteroatoms. The van der Waals surface area contributed by atoms with Gasteiger partial charge in [-0.05, 0) is 42.1 Å². The van der Waals surface area contributed by atoms with Crippen LogP contribution in [-0.4, -0.2) is 11.8 Å². The molecule has 0 aliphatic rings. The molecule has 0 fully saturated rings. The van der Waals surface area contributed by atoms with Crippen molar-refractivity contribution >= 4 is 40.6 Å². The number of hydrogen-bond donors (Lipinski definition) is 2. The van der Waals surface area contributed by atoms with Gasteiger partial charge in [-0.1, -0.05) is 12.1 Å². The molecular weight excluding hydrogens is 284 g/mol. The standard InChI is InChI=1S/C16H16N2O2S/c1-11-14(17-12(2)19)6-3-7-15(11)18-16(20)9-8-13-5-4-10-21-13/h3-10H,1-2H3,(H,17,19)(H,18,20)/b9-8+. The summed E-state index contributed by atoms with van der Waals surface area (Å²) in [6.07, 6.45) is 3.27. The van der Waals surface area contributed by atoms with Crippen LogP contribution in [0.2, 0.25) is 0 Å². The summed E-state index contributed by atoms with van der Waals surface area (Å²) in [4.78, 5) is 24.1. The minimum Gasteiger partial charge on any atom is -0.326 e. The molecule has 1 heterocycles. The molecule has 0 aliphatic carbocycles. The normalized spacial score (nSPS) is 10.6. The summed E-state index contributed by atoms with van der Waals surface area (Å²) in [5.74, 6) is -0.342. The van der Waals surface area contributed by atoms with Crippen LogP contribution in [0.15, 0.2) is 41.8 Å². The van der Waals surface area contributed by atoms with Crippen LogP contribution in [-0.2, 0) is 9.59 Å². The maximum absolute atomic E-state index is 11.9. The van der Waals surface area contributed by atoms with Crippen molar-refractivity contribution in [2.45, 2.75) is 13.8 Å². The highest BCUT2D eigenvalue weighted by molar-refractivity contribution is 7.10. The molecule has 0 aliphatic heterocycles. The molecule has 0 saturated heterocycles. The van der Waals surface area contributed by atoms with Crippen molar-refractivity contribution in [3.8, 4) is 0 Å². The van der Waals surface area contributed by atoms with E-state index in [0.717, 1.165) is 10.4 Å². The number of anilines is 2. The van der Waals surface area contributed by atoms with Crippen LogP contribution in [0.1, 0.15) is 17.4 Å². The minimum atomic E-state index is -0.202. The van der Waals surface area contributed by atoms with Gasteiger partial charge in [-0.2, -0.15) is 0 Å². The summed E-state index contributed by atoms with van der Waals surface area (Å²) in [6.45, 7) is 3.30. The first-order valence-electron chi connectivity index (χ1n) is 6.46. The Labute approximate surface area is 127 Å². The van der Waals surface area contributed by atoms with Crippen LogP contribution in [0.4, 0.5) is 11.4 Å². The fraction of sp³-hybridized carbons (Fsp3) is 0.125. The van der Waals surface area contributed by atoms with Gasteiger partial charge < -0.3 is 10.6 Å². The van der Waals surface area contributed by atoms with Crippen molar-refractivity contribution in [2.75, 3.05) is 10.6 Å². The molecule has 0 unspecified atom stereocenters. The molecule has 2 aromatic rings. The summed E-state index contributed by atoms with van der Waals surface area (Å²) < 4.78 is 0. The molecule has 108 valence electrons. The van der Waals surface area contributed by atoms with Crippen LogP contribution < -0.4 is 10.6 Å². The number of nitrogens with one attached hydrogen (secondary N) is 2. The third kappa shape index (κ3) is 4.29. The largest absolute Gasteiger partial charge is 0.326 e. The lowest BCUT2D eigenvalue weighted by Crippen LogP contribution is -2.11. The Balaban J connectivity index is 2.08. The molecule has 0 bridgehead atoms. The molecule has 2 N–H and O–H groups in total. The molecule has 2 amide bonds. The predicted octanol–water partition coefficient (Wildman–Crippen LogP) is 3.67. The zero-order chi connectivity index (χ0) is 15.2. The first kappa shape index (κ1) is 15.0. The van der Waals surface area contributed by atoms with Crippen molar-refractivity contribution in [1.29, 1.82) is 0 Å². The van der Waals surface area contributed by atoms with Crippen LogP contribution in [0.3, 0.4) is 0 Å². The Bertz CT molecular complexity index is 676. The number of carbonyl (C=O) groups is 2. The first-order chi connectivity index (χ1) is 10.1. The quantitative estimate of drug-likeness (QED) is 0.846. The van der Waals surface area contributed by atoms with Gasteiger partial charge >= 0.3 is 0 Å². The molecule has 0 radical (unpaired) electrons. The second-order valence-electron chi connectivity index (χ2n) is 4.50.